The number of nitrogens with one attached hydrogen (secondary N) is 1. The molecule has 4 atom stereocenters. The van der Waals surface area contributed by atoms with Gasteiger partial charge < -0.3 is 10.1 Å². The molecule has 0 amide bonds. The van der Waals surface area contributed by atoms with Crippen molar-refractivity contribution < 1.29 is 4.74 Å². The monoisotopic (exact) mass is 211 g/mol. The van der Waals surface area contributed by atoms with Gasteiger partial charge in [-0.2, -0.15) is 0 Å². The van der Waals surface area contributed by atoms with Gasteiger partial charge in [-0.15, -0.1) is 0 Å². The lowest BCUT2D eigenvalue weighted by Gasteiger charge is -2.37. The van der Waals surface area contributed by atoms with Gasteiger partial charge in [0.1, 0.15) is 0 Å². The molecule has 0 radical (unpaired) electrons. The molecule has 1 heterocycles. The molecule has 1 N–H and O–H groups in total. The Balaban J connectivity index is 1.90. The van der Waals surface area contributed by atoms with Gasteiger partial charge in [-0.25, -0.2) is 0 Å². The molecule has 15 heavy (non-hydrogen) atoms. The predicted molar refractivity (Wildman–Crippen MR) is 62.9 cm³/mol. The molecule has 1 saturated heterocycles. The molecule has 1 aliphatic carbocycles. The van der Waals surface area contributed by atoms with Crippen LogP contribution in [0.2, 0.25) is 0 Å². The van der Waals surface area contributed by atoms with E-state index in [0.717, 1.165) is 18.4 Å². The summed E-state index contributed by atoms with van der Waals surface area (Å²) in [5, 5.41) is 3.84. The molecule has 88 valence electrons. The van der Waals surface area contributed by atoms with Crippen LogP contribution in [0.3, 0.4) is 0 Å². The molecule has 0 bridgehead atoms. The van der Waals surface area contributed by atoms with Crippen molar-refractivity contribution in [3.63, 3.8) is 0 Å². The van der Waals surface area contributed by atoms with E-state index in [1.807, 2.05) is 0 Å². The van der Waals surface area contributed by atoms with Gasteiger partial charge in [0, 0.05) is 18.7 Å². The smallest absolute Gasteiger partial charge is 0.0700 e. The highest BCUT2D eigenvalue weighted by Crippen LogP contribution is 2.30. The molecular formula is C13H25NO. The first kappa shape index (κ1) is 11.4. The Morgan fingerprint density at radius 3 is 2.20 bits per heavy atom. The standard InChI is InChI=1S/C13H25NO/c1-9-5-4-6-10(2)13(9)14-12-7-8-15-11(12)3/h9-14H,4-8H2,1-3H3. The maximum absolute atomic E-state index is 5.61. The van der Waals surface area contributed by atoms with Crippen molar-refractivity contribution in [2.75, 3.05) is 6.61 Å². The minimum Gasteiger partial charge on any atom is -0.377 e. The van der Waals surface area contributed by atoms with Crippen LogP contribution in [-0.2, 0) is 4.74 Å². The third kappa shape index (κ3) is 2.54. The van der Waals surface area contributed by atoms with Crippen LogP contribution in [0.1, 0.15) is 46.5 Å². The van der Waals surface area contributed by atoms with Crippen molar-refractivity contribution in [3.05, 3.63) is 0 Å². The molecule has 2 fully saturated rings. The fraction of sp³-hybridized carbons (Fsp3) is 1.00. The molecule has 2 aliphatic rings. The molecule has 2 nitrogen and oxygen atoms in total. The van der Waals surface area contributed by atoms with Crippen molar-refractivity contribution in [2.45, 2.75) is 64.6 Å². The SMILES string of the molecule is CC1CCCC(C)C1NC1CCOC1C. The van der Waals surface area contributed by atoms with Gasteiger partial charge in [0.15, 0.2) is 0 Å². The first-order valence-corrected chi connectivity index (χ1v) is 6.56. The first-order chi connectivity index (χ1) is 7.18. The maximum Gasteiger partial charge on any atom is 0.0700 e. The molecule has 0 aromatic heterocycles. The van der Waals surface area contributed by atoms with Crippen LogP contribution in [0, 0.1) is 11.8 Å². The van der Waals surface area contributed by atoms with E-state index in [9.17, 15) is 0 Å². The largest absolute Gasteiger partial charge is 0.377 e. The Morgan fingerprint density at radius 1 is 1.00 bits per heavy atom. The lowest BCUT2D eigenvalue weighted by atomic mass is 9.78. The molecule has 1 aliphatic heterocycles. The topological polar surface area (TPSA) is 21.3 Å². The second-order valence-corrected chi connectivity index (χ2v) is 5.55. The van der Waals surface area contributed by atoms with Gasteiger partial charge >= 0.3 is 0 Å². The second-order valence-electron chi connectivity index (χ2n) is 5.55. The predicted octanol–water partition coefficient (Wildman–Crippen LogP) is 2.58. The van der Waals surface area contributed by atoms with Gasteiger partial charge in [0.25, 0.3) is 0 Å². The fourth-order valence-electron chi connectivity index (χ4n) is 3.21. The van der Waals surface area contributed by atoms with Crippen LogP contribution in [0.5, 0.6) is 0 Å². The van der Waals surface area contributed by atoms with Crippen LogP contribution < -0.4 is 5.32 Å². The van der Waals surface area contributed by atoms with E-state index in [4.69, 9.17) is 4.74 Å². The minimum atomic E-state index is 0.409. The Bertz CT molecular complexity index is 197. The van der Waals surface area contributed by atoms with Gasteiger partial charge in [0.05, 0.1) is 6.10 Å². The van der Waals surface area contributed by atoms with Gasteiger partial charge in [-0.1, -0.05) is 20.3 Å². The summed E-state index contributed by atoms with van der Waals surface area (Å²) in [5.74, 6) is 1.67. The lowest BCUT2D eigenvalue weighted by Crippen LogP contribution is -2.49. The highest BCUT2D eigenvalue weighted by atomic mass is 16.5. The van der Waals surface area contributed by atoms with E-state index >= 15 is 0 Å². The van der Waals surface area contributed by atoms with Gasteiger partial charge in [0.2, 0.25) is 0 Å². The summed E-state index contributed by atoms with van der Waals surface area (Å²) < 4.78 is 5.61. The normalized spacial score (nSPS) is 47.0. The molecule has 1 saturated carbocycles. The molecule has 2 heteroatoms. The second kappa shape index (κ2) is 4.84. The first-order valence-electron chi connectivity index (χ1n) is 6.56. The average Bonchev–Trinajstić information content (AvgIpc) is 2.58. The number of hydrogen-bond acceptors (Lipinski definition) is 2. The Kier molecular flexibility index (Phi) is 3.68. The maximum atomic E-state index is 5.61. The van der Waals surface area contributed by atoms with Crippen LogP contribution in [0.15, 0.2) is 0 Å². The zero-order valence-electron chi connectivity index (χ0n) is 10.3. The Labute approximate surface area is 93.8 Å². The van der Waals surface area contributed by atoms with Crippen molar-refractivity contribution in [1.29, 1.82) is 0 Å². The molecular weight excluding hydrogens is 186 g/mol. The Hall–Kier alpha value is -0.0800. The van der Waals surface area contributed by atoms with E-state index in [2.05, 4.69) is 26.1 Å². The van der Waals surface area contributed by atoms with Crippen molar-refractivity contribution in [2.24, 2.45) is 11.8 Å². The van der Waals surface area contributed by atoms with Crippen LogP contribution in [-0.4, -0.2) is 24.8 Å². The van der Waals surface area contributed by atoms with Gasteiger partial charge in [-0.3, -0.25) is 0 Å². The Morgan fingerprint density at radius 2 is 1.67 bits per heavy atom. The summed E-state index contributed by atoms with van der Waals surface area (Å²) in [5.41, 5.74) is 0. The van der Waals surface area contributed by atoms with Crippen molar-refractivity contribution >= 4 is 0 Å². The minimum absolute atomic E-state index is 0.409. The van der Waals surface area contributed by atoms with E-state index in [-0.39, 0.29) is 0 Å². The summed E-state index contributed by atoms with van der Waals surface area (Å²) in [6.45, 7) is 7.93. The average molecular weight is 211 g/mol. The number of rotatable bonds is 2. The van der Waals surface area contributed by atoms with Crippen LogP contribution in [0.25, 0.3) is 0 Å². The molecule has 0 spiro atoms. The van der Waals surface area contributed by atoms with E-state index in [1.54, 1.807) is 0 Å². The van der Waals surface area contributed by atoms with Crippen LogP contribution >= 0.6 is 0 Å². The molecule has 4 unspecified atom stereocenters. The zero-order valence-corrected chi connectivity index (χ0v) is 10.3. The highest BCUT2D eigenvalue weighted by Gasteiger charge is 2.32. The zero-order chi connectivity index (χ0) is 10.8. The van der Waals surface area contributed by atoms with Crippen molar-refractivity contribution in [3.8, 4) is 0 Å². The van der Waals surface area contributed by atoms with Crippen molar-refractivity contribution in [1.82, 2.24) is 5.32 Å². The highest BCUT2D eigenvalue weighted by molar-refractivity contribution is 4.89. The molecule has 2 rings (SSSR count). The number of hydrogen-bond donors (Lipinski definition) is 1. The van der Waals surface area contributed by atoms with E-state index < -0.39 is 0 Å². The quantitative estimate of drug-likeness (QED) is 0.758. The summed E-state index contributed by atoms with van der Waals surface area (Å²) in [4.78, 5) is 0. The van der Waals surface area contributed by atoms with Gasteiger partial charge in [-0.05, 0) is 38.0 Å². The third-order valence-corrected chi connectivity index (χ3v) is 4.33. The summed E-state index contributed by atoms with van der Waals surface area (Å²) in [7, 11) is 0. The van der Waals surface area contributed by atoms with E-state index in [1.165, 1.54) is 25.7 Å². The summed E-state index contributed by atoms with van der Waals surface area (Å²) in [6, 6.07) is 1.31. The summed E-state index contributed by atoms with van der Waals surface area (Å²) in [6.07, 6.45) is 5.80. The molecule has 0 aromatic rings. The fourth-order valence-corrected chi connectivity index (χ4v) is 3.21. The lowest BCUT2D eigenvalue weighted by molar-refractivity contribution is 0.100. The van der Waals surface area contributed by atoms with E-state index in [0.29, 0.717) is 18.2 Å². The third-order valence-electron chi connectivity index (χ3n) is 4.33. The molecule has 0 aromatic carbocycles. The number of ether oxygens (including phenoxy) is 1. The van der Waals surface area contributed by atoms with Crippen LogP contribution in [0.4, 0.5) is 0 Å². The summed E-state index contributed by atoms with van der Waals surface area (Å²) >= 11 is 0.